The Balaban J connectivity index is 1.58. The topological polar surface area (TPSA) is 63.6 Å². The van der Waals surface area contributed by atoms with Crippen LogP contribution in [0.3, 0.4) is 0 Å². The second-order valence-electron chi connectivity index (χ2n) is 8.74. The maximum atomic E-state index is 13.7. The van der Waals surface area contributed by atoms with Crippen LogP contribution in [-0.4, -0.2) is 40.0 Å². The second kappa shape index (κ2) is 7.71. The molecule has 1 aliphatic heterocycles. The Labute approximate surface area is 185 Å². The quantitative estimate of drug-likeness (QED) is 0.651. The van der Waals surface area contributed by atoms with Crippen molar-refractivity contribution in [3.8, 4) is 5.75 Å². The van der Waals surface area contributed by atoms with Crippen LogP contribution in [0.5, 0.6) is 5.75 Å². The van der Waals surface area contributed by atoms with Crippen LogP contribution in [0, 0.1) is 0 Å². The number of hydrogen-bond donors (Lipinski definition) is 1. The standard InChI is InChI=1S/C24H27N3O3S/c1-24(23(29)25-17-6-3-4-7-17)15-26-20-13-18(30-2)10-9-16(20)12-21(26)22(28)27(24)14-19-8-5-11-31-19/h5,8-13,17H,3-4,6-7,14-15H2,1-2H3,(H,25,29)/t24-/m0/s1. The van der Waals surface area contributed by atoms with Crippen molar-refractivity contribution in [2.75, 3.05) is 7.11 Å². The van der Waals surface area contributed by atoms with E-state index in [9.17, 15) is 9.59 Å². The van der Waals surface area contributed by atoms with Gasteiger partial charge in [-0.15, -0.1) is 11.3 Å². The van der Waals surface area contributed by atoms with E-state index in [2.05, 4.69) is 5.32 Å². The van der Waals surface area contributed by atoms with Gasteiger partial charge in [-0.05, 0) is 49.4 Å². The van der Waals surface area contributed by atoms with E-state index in [-0.39, 0.29) is 17.9 Å². The Morgan fingerprint density at radius 2 is 2.06 bits per heavy atom. The lowest BCUT2D eigenvalue weighted by Gasteiger charge is -2.44. The normalized spacial score (nSPS) is 21.5. The van der Waals surface area contributed by atoms with Gasteiger partial charge in [-0.25, -0.2) is 0 Å². The van der Waals surface area contributed by atoms with E-state index in [0.29, 0.717) is 18.8 Å². The number of thiophene rings is 1. The maximum Gasteiger partial charge on any atom is 0.271 e. The van der Waals surface area contributed by atoms with Crippen LogP contribution >= 0.6 is 11.3 Å². The van der Waals surface area contributed by atoms with Crippen LogP contribution in [0.15, 0.2) is 41.8 Å². The number of nitrogens with one attached hydrogen (secondary N) is 1. The lowest BCUT2D eigenvalue weighted by Crippen LogP contribution is -2.64. The summed E-state index contributed by atoms with van der Waals surface area (Å²) >= 11 is 1.61. The Morgan fingerprint density at radius 1 is 1.26 bits per heavy atom. The Hall–Kier alpha value is -2.80. The number of ether oxygens (including phenoxy) is 1. The lowest BCUT2D eigenvalue weighted by molar-refractivity contribution is -0.133. The first kappa shape index (κ1) is 20.1. The Morgan fingerprint density at radius 3 is 2.77 bits per heavy atom. The van der Waals surface area contributed by atoms with Crippen molar-refractivity contribution in [2.24, 2.45) is 0 Å². The summed E-state index contributed by atoms with van der Waals surface area (Å²) < 4.78 is 7.39. The molecule has 1 fully saturated rings. The van der Waals surface area contributed by atoms with Crippen LogP contribution in [0.2, 0.25) is 0 Å². The van der Waals surface area contributed by atoms with Gasteiger partial charge in [0.15, 0.2) is 0 Å². The van der Waals surface area contributed by atoms with Gasteiger partial charge in [-0.2, -0.15) is 0 Å². The summed E-state index contributed by atoms with van der Waals surface area (Å²) in [4.78, 5) is 30.2. The summed E-state index contributed by atoms with van der Waals surface area (Å²) in [6.45, 7) is 2.74. The highest BCUT2D eigenvalue weighted by Crippen LogP contribution is 2.35. The minimum Gasteiger partial charge on any atom is -0.497 e. The number of nitrogens with zero attached hydrogens (tertiary/aromatic N) is 2. The van der Waals surface area contributed by atoms with Crippen LogP contribution in [0.25, 0.3) is 10.9 Å². The molecule has 31 heavy (non-hydrogen) atoms. The molecule has 3 aromatic rings. The third-order valence-electron chi connectivity index (χ3n) is 6.71. The molecule has 7 heteroatoms. The highest BCUT2D eigenvalue weighted by Gasteiger charge is 2.48. The van der Waals surface area contributed by atoms with Gasteiger partial charge in [0.05, 0.1) is 25.7 Å². The summed E-state index contributed by atoms with van der Waals surface area (Å²) in [5.74, 6) is 0.553. The molecule has 2 aromatic heterocycles. The molecule has 1 aliphatic carbocycles. The predicted octanol–water partition coefficient (Wildman–Crippen LogP) is 4.18. The maximum absolute atomic E-state index is 13.7. The summed E-state index contributed by atoms with van der Waals surface area (Å²) in [6, 6.07) is 11.9. The average molecular weight is 438 g/mol. The number of fused-ring (bicyclic) bond motifs is 3. The number of rotatable bonds is 5. The van der Waals surface area contributed by atoms with Gasteiger partial charge >= 0.3 is 0 Å². The van der Waals surface area contributed by atoms with Gasteiger partial charge < -0.3 is 19.5 Å². The molecular formula is C24H27N3O3S. The van der Waals surface area contributed by atoms with Gasteiger partial charge in [-0.1, -0.05) is 18.9 Å². The van der Waals surface area contributed by atoms with E-state index in [4.69, 9.17) is 4.74 Å². The van der Waals surface area contributed by atoms with Crippen molar-refractivity contribution in [3.63, 3.8) is 0 Å². The molecule has 1 aromatic carbocycles. The van der Waals surface area contributed by atoms with Crippen molar-refractivity contribution in [1.29, 1.82) is 0 Å². The van der Waals surface area contributed by atoms with Crippen molar-refractivity contribution in [2.45, 2.75) is 57.3 Å². The SMILES string of the molecule is COc1ccc2cc3n(c2c1)C[C@@](C)(C(=O)NC1CCCC1)N(Cc1cccs1)C3=O. The molecule has 1 N–H and O–H groups in total. The molecule has 0 saturated heterocycles. The van der Waals surface area contributed by atoms with Crippen molar-refractivity contribution in [3.05, 3.63) is 52.3 Å². The van der Waals surface area contributed by atoms with Gasteiger partial charge in [0.2, 0.25) is 5.91 Å². The monoisotopic (exact) mass is 437 g/mol. The molecule has 1 saturated carbocycles. The zero-order valence-corrected chi connectivity index (χ0v) is 18.7. The third-order valence-corrected chi connectivity index (χ3v) is 7.57. The summed E-state index contributed by atoms with van der Waals surface area (Å²) in [6.07, 6.45) is 4.31. The number of carbonyl (C=O) groups excluding carboxylic acids is 2. The summed E-state index contributed by atoms with van der Waals surface area (Å²) in [7, 11) is 1.63. The predicted molar refractivity (Wildman–Crippen MR) is 121 cm³/mol. The van der Waals surface area contributed by atoms with Crippen molar-refractivity contribution >= 4 is 34.1 Å². The Kier molecular flexibility index (Phi) is 5.01. The molecule has 6 nitrogen and oxygen atoms in total. The van der Waals surface area contributed by atoms with Crippen molar-refractivity contribution in [1.82, 2.24) is 14.8 Å². The fourth-order valence-electron chi connectivity index (χ4n) is 4.87. The first-order valence-electron chi connectivity index (χ1n) is 10.8. The third kappa shape index (κ3) is 3.41. The summed E-state index contributed by atoms with van der Waals surface area (Å²) in [5, 5.41) is 6.22. The molecule has 2 amide bonds. The number of carbonyl (C=O) groups is 2. The van der Waals surface area contributed by atoms with E-state index < -0.39 is 5.54 Å². The fraction of sp³-hybridized carbons (Fsp3) is 0.417. The highest BCUT2D eigenvalue weighted by atomic mass is 32.1. The molecule has 3 heterocycles. The van der Waals surface area contributed by atoms with E-state index in [1.807, 2.05) is 53.3 Å². The van der Waals surface area contributed by atoms with Gasteiger partial charge in [-0.3, -0.25) is 9.59 Å². The van der Waals surface area contributed by atoms with Crippen LogP contribution < -0.4 is 10.1 Å². The molecule has 2 aliphatic rings. The zero-order valence-electron chi connectivity index (χ0n) is 17.9. The number of methoxy groups -OCH3 is 1. The lowest BCUT2D eigenvalue weighted by atomic mass is 9.94. The van der Waals surface area contributed by atoms with Crippen LogP contribution in [-0.2, 0) is 17.9 Å². The number of aromatic nitrogens is 1. The Bertz CT molecular complexity index is 1130. The molecule has 0 spiro atoms. The van der Waals surface area contributed by atoms with Crippen LogP contribution in [0.1, 0.15) is 48.0 Å². The molecule has 0 radical (unpaired) electrons. The van der Waals surface area contributed by atoms with E-state index in [1.54, 1.807) is 23.3 Å². The fourth-order valence-corrected chi connectivity index (χ4v) is 5.57. The van der Waals surface area contributed by atoms with Crippen molar-refractivity contribution < 1.29 is 14.3 Å². The van der Waals surface area contributed by atoms with Gasteiger partial charge in [0.25, 0.3) is 5.91 Å². The molecule has 0 unspecified atom stereocenters. The molecular weight excluding hydrogens is 410 g/mol. The highest BCUT2D eigenvalue weighted by molar-refractivity contribution is 7.09. The van der Waals surface area contributed by atoms with Gasteiger partial charge in [0, 0.05) is 22.4 Å². The molecule has 0 bridgehead atoms. The van der Waals surface area contributed by atoms with Gasteiger partial charge in [0.1, 0.15) is 17.0 Å². The van der Waals surface area contributed by atoms with Crippen LogP contribution in [0.4, 0.5) is 0 Å². The van der Waals surface area contributed by atoms with E-state index >= 15 is 0 Å². The van der Waals surface area contributed by atoms with E-state index in [1.165, 1.54) is 0 Å². The number of benzene rings is 1. The first-order valence-corrected chi connectivity index (χ1v) is 11.7. The zero-order chi connectivity index (χ0) is 21.6. The second-order valence-corrected chi connectivity index (χ2v) is 9.77. The minimum atomic E-state index is -0.980. The molecule has 5 rings (SSSR count). The smallest absolute Gasteiger partial charge is 0.271 e. The first-order chi connectivity index (χ1) is 15.0. The average Bonchev–Trinajstić information content (AvgIpc) is 3.52. The summed E-state index contributed by atoms with van der Waals surface area (Å²) in [5.41, 5.74) is 0.551. The van der Waals surface area contributed by atoms with E-state index in [0.717, 1.165) is 47.2 Å². The number of hydrogen-bond acceptors (Lipinski definition) is 4. The molecule has 162 valence electrons. The minimum absolute atomic E-state index is 0.0697. The largest absolute Gasteiger partial charge is 0.497 e. The molecule has 1 atom stereocenters. The number of amides is 2.